The van der Waals surface area contributed by atoms with Crippen molar-refractivity contribution in [2.45, 2.75) is 26.2 Å². The van der Waals surface area contributed by atoms with E-state index in [9.17, 15) is 0 Å². The molecule has 4 heteroatoms. The van der Waals surface area contributed by atoms with Crippen molar-refractivity contribution in [1.29, 1.82) is 0 Å². The summed E-state index contributed by atoms with van der Waals surface area (Å²) in [6, 6.07) is 11.2. The topological polar surface area (TPSA) is 48.1 Å². The molecule has 0 unspecified atom stereocenters. The third-order valence-corrected chi connectivity index (χ3v) is 2.97. The number of pyridine rings is 1. The van der Waals surface area contributed by atoms with Gasteiger partial charge in [0.15, 0.2) is 0 Å². The summed E-state index contributed by atoms with van der Waals surface area (Å²) in [5.41, 5.74) is 7.39. The number of aromatic nitrogens is 1. The molecule has 0 aliphatic carbocycles. The standard InChI is InChI=1S/C15H17ClN2O/c1-15(2,3)10-6-4-5-7-12(10)19-14-11(17)8-9-13(16)18-14/h4-9H,17H2,1-3H3. The van der Waals surface area contributed by atoms with Crippen molar-refractivity contribution in [3.8, 4) is 11.6 Å². The lowest BCUT2D eigenvalue weighted by Gasteiger charge is -2.22. The minimum Gasteiger partial charge on any atom is -0.437 e. The Bertz CT molecular complexity index is 591. The highest BCUT2D eigenvalue weighted by atomic mass is 35.5. The molecule has 0 saturated carbocycles. The number of nitrogens with two attached hydrogens (primary N) is 1. The van der Waals surface area contributed by atoms with Gasteiger partial charge in [-0.2, -0.15) is 4.98 Å². The second-order valence-corrected chi connectivity index (χ2v) is 5.76. The molecule has 0 saturated heterocycles. The smallest absolute Gasteiger partial charge is 0.244 e. The van der Waals surface area contributed by atoms with Gasteiger partial charge in [0.05, 0.1) is 5.69 Å². The maximum absolute atomic E-state index is 5.87. The van der Waals surface area contributed by atoms with Gasteiger partial charge in [0, 0.05) is 5.56 Å². The number of hydrogen-bond donors (Lipinski definition) is 1. The molecule has 19 heavy (non-hydrogen) atoms. The van der Waals surface area contributed by atoms with Crippen molar-refractivity contribution in [3.05, 3.63) is 47.1 Å². The lowest BCUT2D eigenvalue weighted by atomic mass is 9.86. The summed E-state index contributed by atoms with van der Waals surface area (Å²) < 4.78 is 5.83. The Labute approximate surface area is 118 Å². The maximum Gasteiger partial charge on any atom is 0.244 e. The van der Waals surface area contributed by atoms with E-state index in [1.165, 1.54) is 0 Å². The molecule has 2 rings (SSSR count). The first-order valence-corrected chi connectivity index (χ1v) is 6.45. The van der Waals surface area contributed by atoms with E-state index in [0.717, 1.165) is 11.3 Å². The molecule has 2 N–H and O–H groups in total. The molecule has 0 aliphatic heterocycles. The average Bonchev–Trinajstić information content (AvgIpc) is 2.33. The van der Waals surface area contributed by atoms with Gasteiger partial charge in [-0.15, -0.1) is 0 Å². The summed E-state index contributed by atoms with van der Waals surface area (Å²) in [4.78, 5) is 4.11. The van der Waals surface area contributed by atoms with Crippen LogP contribution < -0.4 is 10.5 Å². The van der Waals surface area contributed by atoms with E-state index in [4.69, 9.17) is 22.1 Å². The molecule has 1 heterocycles. The molecule has 3 nitrogen and oxygen atoms in total. The highest BCUT2D eigenvalue weighted by Gasteiger charge is 2.19. The number of para-hydroxylation sites is 1. The quantitative estimate of drug-likeness (QED) is 0.827. The van der Waals surface area contributed by atoms with E-state index in [-0.39, 0.29) is 5.41 Å². The second-order valence-electron chi connectivity index (χ2n) is 5.38. The van der Waals surface area contributed by atoms with Crippen LogP contribution in [0.15, 0.2) is 36.4 Å². The number of hydrogen-bond acceptors (Lipinski definition) is 3. The van der Waals surface area contributed by atoms with Crippen molar-refractivity contribution in [1.82, 2.24) is 4.98 Å². The zero-order valence-corrected chi connectivity index (χ0v) is 12.0. The zero-order chi connectivity index (χ0) is 14.0. The molecular formula is C15H17ClN2O. The molecule has 0 amide bonds. The van der Waals surface area contributed by atoms with Crippen LogP contribution in [0.3, 0.4) is 0 Å². The fourth-order valence-electron chi connectivity index (χ4n) is 1.79. The predicted molar refractivity (Wildman–Crippen MR) is 78.9 cm³/mol. The van der Waals surface area contributed by atoms with Gasteiger partial charge in [-0.25, -0.2) is 0 Å². The molecule has 0 atom stereocenters. The van der Waals surface area contributed by atoms with Gasteiger partial charge < -0.3 is 10.5 Å². The second kappa shape index (κ2) is 5.10. The van der Waals surface area contributed by atoms with Gasteiger partial charge in [-0.05, 0) is 23.6 Å². The molecule has 0 aliphatic rings. The van der Waals surface area contributed by atoms with Crippen molar-refractivity contribution in [2.75, 3.05) is 5.73 Å². The van der Waals surface area contributed by atoms with E-state index in [1.54, 1.807) is 12.1 Å². The minimum absolute atomic E-state index is 0.0239. The number of ether oxygens (including phenoxy) is 1. The van der Waals surface area contributed by atoms with E-state index < -0.39 is 0 Å². The van der Waals surface area contributed by atoms with Crippen LogP contribution in [0.2, 0.25) is 5.15 Å². The van der Waals surface area contributed by atoms with Crippen LogP contribution in [-0.4, -0.2) is 4.98 Å². The number of anilines is 1. The van der Waals surface area contributed by atoms with Gasteiger partial charge in [0.25, 0.3) is 0 Å². The summed E-state index contributed by atoms with van der Waals surface area (Å²) >= 11 is 5.87. The summed E-state index contributed by atoms with van der Waals surface area (Å²) in [6.07, 6.45) is 0. The van der Waals surface area contributed by atoms with E-state index >= 15 is 0 Å². The Balaban J connectivity index is 2.41. The van der Waals surface area contributed by atoms with Crippen molar-refractivity contribution in [3.63, 3.8) is 0 Å². The molecule has 0 bridgehead atoms. The number of rotatable bonds is 2. The molecule has 1 aromatic heterocycles. The molecule has 2 aromatic rings. The summed E-state index contributed by atoms with van der Waals surface area (Å²) in [5, 5.41) is 0.359. The van der Waals surface area contributed by atoms with Crippen LogP contribution in [0.1, 0.15) is 26.3 Å². The number of nitrogen functional groups attached to an aromatic ring is 1. The number of halogens is 1. The van der Waals surface area contributed by atoms with Gasteiger partial charge >= 0.3 is 0 Å². The van der Waals surface area contributed by atoms with Gasteiger partial charge in [-0.3, -0.25) is 0 Å². The van der Waals surface area contributed by atoms with Gasteiger partial charge in [0.1, 0.15) is 10.9 Å². The largest absolute Gasteiger partial charge is 0.437 e. The Morgan fingerprint density at radius 3 is 2.47 bits per heavy atom. The van der Waals surface area contributed by atoms with Crippen LogP contribution in [0.5, 0.6) is 11.6 Å². The average molecular weight is 277 g/mol. The number of benzene rings is 1. The first-order valence-electron chi connectivity index (χ1n) is 6.07. The van der Waals surface area contributed by atoms with Gasteiger partial charge in [0.2, 0.25) is 5.88 Å². The lowest BCUT2D eigenvalue weighted by molar-refractivity contribution is 0.442. The van der Waals surface area contributed by atoms with Crippen LogP contribution >= 0.6 is 11.6 Å². The molecule has 100 valence electrons. The predicted octanol–water partition coefficient (Wildman–Crippen LogP) is 4.41. The van der Waals surface area contributed by atoms with Gasteiger partial charge in [-0.1, -0.05) is 50.6 Å². The minimum atomic E-state index is -0.0239. The fourth-order valence-corrected chi connectivity index (χ4v) is 1.93. The van der Waals surface area contributed by atoms with Crippen molar-refractivity contribution < 1.29 is 4.74 Å². The molecule has 0 fully saturated rings. The Morgan fingerprint density at radius 2 is 1.79 bits per heavy atom. The summed E-state index contributed by atoms with van der Waals surface area (Å²) in [5.74, 6) is 1.08. The third-order valence-electron chi connectivity index (χ3n) is 2.76. The normalized spacial score (nSPS) is 11.4. The van der Waals surface area contributed by atoms with Crippen LogP contribution in [0.4, 0.5) is 5.69 Å². The first-order chi connectivity index (χ1) is 8.88. The Kier molecular flexibility index (Phi) is 3.67. The lowest BCUT2D eigenvalue weighted by Crippen LogP contribution is -2.12. The SMILES string of the molecule is CC(C)(C)c1ccccc1Oc1nc(Cl)ccc1N. The zero-order valence-electron chi connectivity index (χ0n) is 11.3. The summed E-state index contributed by atoms with van der Waals surface area (Å²) in [7, 11) is 0. The van der Waals surface area contributed by atoms with E-state index in [0.29, 0.717) is 16.7 Å². The highest BCUT2D eigenvalue weighted by Crippen LogP contribution is 2.35. The van der Waals surface area contributed by atoms with Crippen molar-refractivity contribution in [2.24, 2.45) is 0 Å². The summed E-state index contributed by atoms with van der Waals surface area (Å²) in [6.45, 7) is 6.39. The molecule has 0 radical (unpaired) electrons. The molecular weight excluding hydrogens is 260 g/mol. The van der Waals surface area contributed by atoms with E-state index in [2.05, 4.69) is 25.8 Å². The molecule has 1 aromatic carbocycles. The fraction of sp³-hybridized carbons (Fsp3) is 0.267. The van der Waals surface area contributed by atoms with Crippen LogP contribution in [-0.2, 0) is 5.41 Å². The maximum atomic E-state index is 5.87. The van der Waals surface area contributed by atoms with Crippen LogP contribution in [0, 0.1) is 0 Å². The van der Waals surface area contributed by atoms with Crippen LogP contribution in [0.25, 0.3) is 0 Å². The van der Waals surface area contributed by atoms with Crippen molar-refractivity contribution >= 4 is 17.3 Å². The molecule has 0 spiro atoms. The van der Waals surface area contributed by atoms with E-state index in [1.807, 2.05) is 24.3 Å². The Morgan fingerprint density at radius 1 is 1.11 bits per heavy atom. The monoisotopic (exact) mass is 276 g/mol. The Hall–Kier alpha value is -1.74. The third kappa shape index (κ3) is 3.18. The first kappa shape index (κ1) is 13.7. The number of nitrogens with zero attached hydrogens (tertiary/aromatic N) is 1. The highest BCUT2D eigenvalue weighted by molar-refractivity contribution is 6.29.